The highest BCUT2D eigenvalue weighted by molar-refractivity contribution is 6.31. The van der Waals surface area contributed by atoms with Crippen molar-refractivity contribution < 1.29 is 19.1 Å². The van der Waals surface area contributed by atoms with Gasteiger partial charge < -0.3 is 14.8 Å². The van der Waals surface area contributed by atoms with Gasteiger partial charge in [-0.1, -0.05) is 29.8 Å². The zero-order valence-corrected chi connectivity index (χ0v) is 17.3. The van der Waals surface area contributed by atoms with Crippen molar-refractivity contribution in [1.82, 2.24) is 4.98 Å². The number of methoxy groups -OCH3 is 1. The Kier molecular flexibility index (Phi) is 6.03. The number of amides is 1. The number of aryl methyl sites for hydroxylation is 2. The summed E-state index contributed by atoms with van der Waals surface area (Å²) in [6.45, 7) is 5.13. The molecule has 0 aliphatic heterocycles. The number of hydrogen-bond donors (Lipinski definition) is 1. The number of pyridine rings is 1. The van der Waals surface area contributed by atoms with Gasteiger partial charge in [-0.15, -0.1) is 0 Å². The lowest BCUT2D eigenvalue weighted by atomic mass is 10.1. The molecule has 1 amide bonds. The molecule has 2 aromatic carbocycles. The lowest BCUT2D eigenvalue weighted by Crippen LogP contribution is -2.30. The van der Waals surface area contributed by atoms with E-state index in [0.29, 0.717) is 38.6 Å². The lowest BCUT2D eigenvalue weighted by molar-refractivity contribution is -0.123. The molecule has 1 heterocycles. The van der Waals surface area contributed by atoms with E-state index >= 15 is 0 Å². The van der Waals surface area contributed by atoms with Gasteiger partial charge in [0.25, 0.3) is 5.91 Å². The minimum atomic E-state index is -1.02. The summed E-state index contributed by atoms with van der Waals surface area (Å²) in [5.74, 6) is -0.648. The van der Waals surface area contributed by atoms with Crippen LogP contribution in [0.1, 0.15) is 28.5 Å². The minimum Gasteiger partial charge on any atom is -0.495 e. The normalized spacial score (nSPS) is 11.8. The highest BCUT2D eigenvalue weighted by Crippen LogP contribution is 2.31. The molecule has 7 heteroatoms. The fourth-order valence-electron chi connectivity index (χ4n) is 2.92. The molecule has 1 aromatic heterocycles. The number of rotatable bonds is 5. The molecular weight excluding hydrogens is 392 g/mol. The maximum Gasteiger partial charge on any atom is 0.339 e. The first-order valence-electron chi connectivity index (χ1n) is 9.02. The van der Waals surface area contributed by atoms with E-state index in [1.807, 2.05) is 25.1 Å². The number of nitrogens with zero attached hydrogens (tertiary/aromatic N) is 1. The Morgan fingerprint density at radius 2 is 1.86 bits per heavy atom. The molecule has 6 nitrogen and oxygen atoms in total. The van der Waals surface area contributed by atoms with Crippen molar-refractivity contribution in [2.75, 3.05) is 12.4 Å². The molecule has 0 fully saturated rings. The Labute approximate surface area is 173 Å². The van der Waals surface area contributed by atoms with Crippen LogP contribution in [0.5, 0.6) is 5.75 Å². The number of anilines is 1. The summed E-state index contributed by atoms with van der Waals surface area (Å²) >= 11 is 6.09. The van der Waals surface area contributed by atoms with Crippen molar-refractivity contribution in [2.24, 2.45) is 0 Å². The minimum absolute atomic E-state index is 0.368. The molecule has 0 aliphatic carbocycles. The summed E-state index contributed by atoms with van der Waals surface area (Å²) < 4.78 is 10.7. The van der Waals surface area contributed by atoms with E-state index in [1.165, 1.54) is 14.0 Å². The fraction of sp³-hybridized carbons (Fsp3) is 0.227. The van der Waals surface area contributed by atoms with Crippen molar-refractivity contribution in [1.29, 1.82) is 0 Å². The van der Waals surface area contributed by atoms with Gasteiger partial charge in [-0.05, 0) is 44.5 Å². The van der Waals surface area contributed by atoms with Gasteiger partial charge in [0.15, 0.2) is 6.10 Å². The first-order chi connectivity index (χ1) is 13.8. The Hall–Kier alpha value is -3.12. The van der Waals surface area contributed by atoms with Crippen LogP contribution in [0, 0.1) is 13.8 Å². The van der Waals surface area contributed by atoms with Gasteiger partial charge in [0.2, 0.25) is 0 Å². The van der Waals surface area contributed by atoms with Crippen molar-refractivity contribution in [2.45, 2.75) is 26.9 Å². The van der Waals surface area contributed by atoms with E-state index in [-0.39, 0.29) is 0 Å². The number of carbonyl (C=O) groups excluding carboxylic acids is 2. The number of hydrogen-bond acceptors (Lipinski definition) is 5. The molecule has 3 rings (SSSR count). The molecule has 1 N–H and O–H groups in total. The highest BCUT2D eigenvalue weighted by Gasteiger charge is 2.22. The number of nitrogens with one attached hydrogen (secondary N) is 1. The van der Waals surface area contributed by atoms with Gasteiger partial charge in [0.05, 0.1) is 23.9 Å². The van der Waals surface area contributed by atoms with Gasteiger partial charge in [-0.25, -0.2) is 4.79 Å². The second-order valence-electron chi connectivity index (χ2n) is 6.67. The Balaban J connectivity index is 1.79. The first-order valence-corrected chi connectivity index (χ1v) is 9.40. The number of aromatic nitrogens is 1. The predicted octanol–water partition coefficient (Wildman–Crippen LogP) is 4.70. The zero-order chi connectivity index (χ0) is 21.1. The molecule has 150 valence electrons. The quantitative estimate of drug-likeness (QED) is 0.614. The van der Waals surface area contributed by atoms with E-state index < -0.39 is 18.0 Å². The molecule has 0 bridgehead atoms. The summed E-state index contributed by atoms with van der Waals surface area (Å²) in [7, 11) is 1.48. The van der Waals surface area contributed by atoms with Gasteiger partial charge in [0, 0.05) is 22.2 Å². The summed E-state index contributed by atoms with van der Waals surface area (Å²) in [6, 6.07) is 12.3. The van der Waals surface area contributed by atoms with Crippen LogP contribution < -0.4 is 10.1 Å². The number of ether oxygens (including phenoxy) is 2. The predicted molar refractivity (Wildman–Crippen MR) is 113 cm³/mol. The largest absolute Gasteiger partial charge is 0.495 e. The number of benzene rings is 2. The highest BCUT2D eigenvalue weighted by atomic mass is 35.5. The number of para-hydroxylation sites is 1. The molecule has 3 aromatic rings. The van der Waals surface area contributed by atoms with Crippen molar-refractivity contribution >= 4 is 40.1 Å². The monoisotopic (exact) mass is 412 g/mol. The number of fused-ring (bicyclic) bond motifs is 1. The van der Waals surface area contributed by atoms with Gasteiger partial charge >= 0.3 is 5.97 Å². The maximum absolute atomic E-state index is 12.7. The average Bonchev–Trinajstić information content (AvgIpc) is 2.69. The average molecular weight is 413 g/mol. The van der Waals surface area contributed by atoms with Gasteiger partial charge in [0.1, 0.15) is 5.75 Å². The molecule has 1 atom stereocenters. The maximum atomic E-state index is 12.7. The molecule has 0 radical (unpaired) electrons. The topological polar surface area (TPSA) is 77.5 Å². The van der Waals surface area contributed by atoms with E-state index in [2.05, 4.69) is 10.3 Å². The van der Waals surface area contributed by atoms with Crippen molar-refractivity contribution in [3.63, 3.8) is 0 Å². The van der Waals surface area contributed by atoms with Gasteiger partial charge in [-0.3, -0.25) is 9.78 Å². The zero-order valence-electron chi connectivity index (χ0n) is 16.6. The van der Waals surface area contributed by atoms with E-state index in [9.17, 15) is 9.59 Å². The Morgan fingerprint density at radius 3 is 2.59 bits per heavy atom. The number of carbonyl (C=O) groups is 2. The summed E-state index contributed by atoms with van der Waals surface area (Å²) in [4.78, 5) is 29.7. The second-order valence-corrected chi connectivity index (χ2v) is 7.07. The van der Waals surface area contributed by atoms with Crippen LogP contribution in [0.3, 0.4) is 0 Å². The van der Waals surface area contributed by atoms with Crippen LogP contribution in [0.4, 0.5) is 5.69 Å². The molecule has 0 spiro atoms. The van der Waals surface area contributed by atoms with Crippen molar-refractivity contribution in [3.05, 3.63) is 64.3 Å². The van der Waals surface area contributed by atoms with Crippen LogP contribution in [-0.4, -0.2) is 30.1 Å². The van der Waals surface area contributed by atoms with Crippen LogP contribution in [-0.2, 0) is 9.53 Å². The molecule has 29 heavy (non-hydrogen) atoms. The Morgan fingerprint density at radius 1 is 1.14 bits per heavy atom. The third-order valence-corrected chi connectivity index (χ3v) is 4.86. The van der Waals surface area contributed by atoms with Crippen LogP contribution in [0.15, 0.2) is 42.5 Å². The smallest absolute Gasteiger partial charge is 0.339 e. The van der Waals surface area contributed by atoms with Crippen LogP contribution >= 0.6 is 11.6 Å². The summed E-state index contributed by atoms with van der Waals surface area (Å²) in [5.41, 5.74) is 2.98. The van der Waals surface area contributed by atoms with Gasteiger partial charge in [-0.2, -0.15) is 0 Å². The molecule has 0 saturated heterocycles. The fourth-order valence-corrected chi connectivity index (χ4v) is 3.07. The third kappa shape index (κ3) is 4.49. The molecule has 0 unspecified atom stereocenters. The molecule has 0 saturated carbocycles. The third-order valence-electron chi connectivity index (χ3n) is 4.46. The standard InChI is InChI=1S/C22H21ClN2O4/c1-12-9-19(20(28-4)11-17(12)23)25-21(26)14(3)29-22(27)16-10-13(2)24-18-8-6-5-7-15(16)18/h5-11,14H,1-4H3,(H,25,26)/t14-/m0/s1. The van der Waals surface area contributed by atoms with Crippen LogP contribution in [0.2, 0.25) is 5.02 Å². The summed E-state index contributed by atoms with van der Waals surface area (Å²) in [6.07, 6.45) is -1.02. The number of esters is 1. The SMILES string of the molecule is COc1cc(Cl)c(C)cc1NC(=O)[C@H](C)OC(=O)c1cc(C)nc2ccccc12. The van der Waals surface area contributed by atoms with E-state index in [1.54, 1.807) is 31.2 Å². The first kappa shape index (κ1) is 20.6. The Bertz CT molecular complexity index is 1100. The summed E-state index contributed by atoms with van der Waals surface area (Å²) in [5, 5.41) is 3.92. The molecule has 0 aliphatic rings. The molecular formula is C22H21ClN2O4. The van der Waals surface area contributed by atoms with E-state index in [0.717, 1.165) is 5.56 Å². The number of halogens is 1. The lowest BCUT2D eigenvalue weighted by Gasteiger charge is -2.16. The van der Waals surface area contributed by atoms with Crippen LogP contribution in [0.25, 0.3) is 10.9 Å². The van der Waals surface area contributed by atoms with E-state index in [4.69, 9.17) is 21.1 Å². The van der Waals surface area contributed by atoms with Crippen molar-refractivity contribution in [3.8, 4) is 5.75 Å². The second kappa shape index (κ2) is 8.49.